The van der Waals surface area contributed by atoms with E-state index in [2.05, 4.69) is 13.0 Å². The molecule has 0 saturated carbocycles. The molecule has 0 spiro atoms. The molecule has 1 amide bonds. The van der Waals surface area contributed by atoms with Crippen LogP contribution in [0.25, 0.3) is 0 Å². The second-order valence-electron chi connectivity index (χ2n) is 4.63. The number of ether oxygens (including phenoxy) is 1. The number of rotatable bonds is 4. The van der Waals surface area contributed by atoms with E-state index in [0.29, 0.717) is 13.0 Å². The first-order valence-electron chi connectivity index (χ1n) is 6.44. The Bertz CT molecular complexity index is 445. The Morgan fingerprint density at radius 1 is 1.44 bits per heavy atom. The average molecular weight is 248 g/mol. The van der Waals surface area contributed by atoms with Crippen molar-refractivity contribution in [2.45, 2.75) is 32.3 Å². The third-order valence-electron chi connectivity index (χ3n) is 3.23. The lowest BCUT2D eigenvalue weighted by molar-refractivity contribution is -0.126. The van der Waals surface area contributed by atoms with E-state index >= 15 is 0 Å². The highest BCUT2D eigenvalue weighted by Crippen LogP contribution is 2.34. The lowest BCUT2D eigenvalue weighted by atomic mass is 10.1. The SMILES string of the molecule is CCCc1ccc2c(c1)N(C)C(=O)C(CCN)O2. The van der Waals surface area contributed by atoms with Gasteiger partial charge in [-0.1, -0.05) is 19.4 Å². The number of benzene rings is 1. The summed E-state index contributed by atoms with van der Waals surface area (Å²) < 4.78 is 5.72. The van der Waals surface area contributed by atoms with Gasteiger partial charge in [0.25, 0.3) is 5.91 Å². The van der Waals surface area contributed by atoms with Crippen molar-refractivity contribution in [1.82, 2.24) is 0 Å². The molecule has 0 saturated heterocycles. The number of likely N-dealkylation sites (N-methyl/N-ethyl adjacent to an activating group) is 1. The first kappa shape index (κ1) is 12.9. The Kier molecular flexibility index (Phi) is 3.87. The Labute approximate surface area is 108 Å². The van der Waals surface area contributed by atoms with Crippen LogP contribution in [0, 0.1) is 0 Å². The summed E-state index contributed by atoms with van der Waals surface area (Å²) in [4.78, 5) is 13.8. The van der Waals surface area contributed by atoms with Crippen LogP contribution in [0.3, 0.4) is 0 Å². The van der Waals surface area contributed by atoms with Crippen molar-refractivity contribution < 1.29 is 9.53 Å². The predicted molar refractivity (Wildman–Crippen MR) is 71.9 cm³/mol. The lowest BCUT2D eigenvalue weighted by Crippen LogP contribution is -2.44. The second kappa shape index (κ2) is 5.40. The number of carbonyl (C=O) groups is 1. The largest absolute Gasteiger partial charge is 0.478 e. The Hall–Kier alpha value is -1.55. The molecule has 1 aliphatic heterocycles. The van der Waals surface area contributed by atoms with Gasteiger partial charge in [0.1, 0.15) is 5.75 Å². The maximum Gasteiger partial charge on any atom is 0.267 e. The van der Waals surface area contributed by atoms with E-state index in [1.54, 1.807) is 11.9 Å². The second-order valence-corrected chi connectivity index (χ2v) is 4.63. The number of carbonyl (C=O) groups excluding carboxylic acids is 1. The number of aryl methyl sites for hydroxylation is 1. The Morgan fingerprint density at radius 2 is 2.22 bits per heavy atom. The molecule has 4 nitrogen and oxygen atoms in total. The monoisotopic (exact) mass is 248 g/mol. The van der Waals surface area contributed by atoms with Crippen molar-refractivity contribution in [3.63, 3.8) is 0 Å². The number of fused-ring (bicyclic) bond motifs is 1. The number of hydrogen-bond donors (Lipinski definition) is 1. The van der Waals surface area contributed by atoms with Gasteiger partial charge >= 0.3 is 0 Å². The van der Waals surface area contributed by atoms with Gasteiger partial charge in [-0.15, -0.1) is 0 Å². The molecule has 0 aromatic heterocycles. The third kappa shape index (κ3) is 2.34. The van der Waals surface area contributed by atoms with Crippen molar-refractivity contribution >= 4 is 11.6 Å². The maximum absolute atomic E-state index is 12.1. The fraction of sp³-hybridized carbons (Fsp3) is 0.500. The standard InChI is InChI=1S/C14H20N2O2/c1-3-4-10-5-6-12-11(9-10)16(2)14(17)13(18-12)7-8-15/h5-6,9,13H,3-4,7-8,15H2,1-2H3. The molecule has 1 atom stereocenters. The van der Waals surface area contributed by atoms with Crippen LogP contribution in [0.5, 0.6) is 5.75 Å². The summed E-state index contributed by atoms with van der Waals surface area (Å²) >= 11 is 0. The molecule has 0 bridgehead atoms. The number of nitrogens with zero attached hydrogens (tertiary/aromatic N) is 1. The van der Waals surface area contributed by atoms with Crippen molar-refractivity contribution in [3.8, 4) is 5.75 Å². The highest BCUT2D eigenvalue weighted by atomic mass is 16.5. The van der Waals surface area contributed by atoms with Gasteiger partial charge in [0.2, 0.25) is 0 Å². The van der Waals surface area contributed by atoms with E-state index in [9.17, 15) is 4.79 Å². The highest BCUT2D eigenvalue weighted by molar-refractivity contribution is 5.99. The van der Waals surface area contributed by atoms with Crippen molar-refractivity contribution in [1.29, 1.82) is 0 Å². The molecule has 4 heteroatoms. The Morgan fingerprint density at radius 3 is 2.89 bits per heavy atom. The third-order valence-corrected chi connectivity index (χ3v) is 3.23. The van der Waals surface area contributed by atoms with Crippen molar-refractivity contribution in [2.24, 2.45) is 5.73 Å². The summed E-state index contributed by atoms with van der Waals surface area (Å²) in [6.07, 6.45) is 2.22. The smallest absolute Gasteiger partial charge is 0.267 e. The van der Waals surface area contributed by atoms with Crippen molar-refractivity contribution in [2.75, 3.05) is 18.5 Å². The summed E-state index contributed by atoms with van der Waals surface area (Å²) in [7, 11) is 1.79. The van der Waals surface area contributed by atoms with Crippen molar-refractivity contribution in [3.05, 3.63) is 23.8 Å². The summed E-state index contributed by atoms with van der Waals surface area (Å²) in [6, 6.07) is 6.05. The Balaban J connectivity index is 2.30. The lowest BCUT2D eigenvalue weighted by Gasteiger charge is -2.32. The minimum absolute atomic E-state index is 0.0124. The summed E-state index contributed by atoms with van der Waals surface area (Å²) in [5.74, 6) is 0.761. The molecule has 2 N–H and O–H groups in total. The van der Waals surface area contributed by atoms with E-state index in [4.69, 9.17) is 10.5 Å². The number of amides is 1. The molecule has 0 fully saturated rings. The van der Waals surface area contributed by atoms with Gasteiger partial charge in [0, 0.05) is 13.5 Å². The van der Waals surface area contributed by atoms with E-state index < -0.39 is 6.10 Å². The zero-order chi connectivity index (χ0) is 13.1. The minimum Gasteiger partial charge on any atom is -0.478 e. The fourth-order valence-electron chi connectivity index (χ4n) is 2.24. The summed E-state index contributed by atoms with van der Waals surface area (Å²) in [5.41, 5.74) is 7.59. The van der Waals surface area contributed by atoms with E-state index in [1.165, 1.54) is 5.56 Å². The number of nitrogens with two attached hydrogens (primary N) is 1. The molecule has 98 valence electrons. The number of anilines is 1. The van der Waals surface area contributed by atoms with E-state index in [-0.39, 0.29) is 5.91 Å². The zero-order valence-corrected chi connectivity index (χ0v) is 11.0. The molecule has 0 radical (unpaired) electrons. The summed E-state index contributed by atoms with van der Waals surface area (Å²) in [5, 5.41) is 0. The normalized spacial score (nSPS) is 18.5. The van der Waals surface area contributed by atoms with Crippen LogP contribution in [0.4, 0.5) is 5.69 Å². The van der Waals surface area contributed by atoms with Crippen LogP contribution in [-0.4, -0.2) is 25.6 Å². The molecular formula is C14H20N2O2. The fourth-order valence-corrected chi connectivity index (χ4v) is 2.24. The molecule has 1 aromatic carbocycles. The molecule has 1 heterocycles. The van der Waals surface area contributed by atoms with Gasteiger partial charge < -0.3 is 15.4 Å². The molecule has 1 aliphatic rings. The average Bonchev–Trinajstić information content (AvgIpc) is 2.37. The minimum atomic E-state index is -0.440. The van der Waals surface area contributed by atoms with Gasteiger partial charge in [-0.25, -0.2) is 0 Å². The molecule has 1 aromatic rings. The molecule has 0 aliphatic carbocycles. The van der Waals surface area contributed by atoms with Crippen LogP contribution in [0.1, 0.15) is 25.3 Å². The first-order chi connectivity index (χ1) is 8.67. The highest BCUT2D eigenvalue weighted by Gasteiger charge is 2.31. The van der Waals surface area contributed by atoms with Gasteiger partial charge in [-0.2, -0.15) is 0 Å². The van der Waals surface area contributed by atoms with E-state index in [0.717, 1.165) is 24.3 Å². The van der Waals surface area contributed by atoms with Crippen LogP contribution >= 0.6 is 0 Å². The number of hydrogen-bond acceptors (Lipinski definition) is 3. The molecule has 18 heavy (non-hydrogen) atoms. The maximum atomic E-state index is 12.1. The first-order valence-corrected chi connectivity index (χ1v) is 6.44. The quantitative estimate of drug-likeness (QED) is 0.882. The van der Waals surface area contributed by atoms with Gasteiger partial charge in [0.15, 0.2) is 6.10 Å². The molecule has 2 rings (SSSR count). The van der Waals surface area contributed by atoms with Crippen LogP contribution < -0.4 is 15.4 Å². The van der Waals surface area contributed by atoms with E-state index in [1.807, 2.05) is 12.1 Å². The zero-order valence-electron chi connectivity index (χ0n) is 11.0. The molecular weight excluding hydrogens is 228 g/mol. The topological polar surface area (TPSA) is 55.6 Å². The molecule has 1 unspecified atom stereocenters. The van der Waals surface area contributed by atoms with Gasteiger partial charge in [-0.3, -0.25) is 4.79 Å². The van der Waals surface area contributed by atoms with Crippen LogP contribution in [-0.2, 0) is 11.2 Å². The van der Waals surface area contributed by atoms with Gasteiger partial charge in [-0.05, 0) is 30.7 Å². The van der Waals surface area contributed by atoms with Gasteiger partial charge in [0.05, 0.1) is 5.69 Å². The summed E-state index contributed by atoms with van der Waals surface area (Å²) in [6.45, 7) is 2.59. The predicted octanol–water partition coefficient (Wildman–Crippen LogP) is 1.71. The van der Waals surface area contributed by atoms with Crippen LogP contribution in [0.15, 0.2) is 18.2 Å². The van der Waals surface area contributed by atoms with Crippen LogP contribution in [0.2, 0.25) is 0 Å².